The van der Waals surface area contributed by atoms with Crippen LogP contribution in [-0.2, 0) is 12.7 Å². The van der Waals surface area contributed by atoms with E-state index in [2.05, 4.69) is 20.3 Å². The van der Waals surface area contributed by atoms with Crippen molar-refractivity contribution in [2.24, 2.45) is 0 Å². The van der Waals surface area contributed by atoms with E-state index < -0.39 is 11.1 Å². The molecule has 6 nitrogen and oxygen atoms in total. The number of hydrogen-bond donors (Lipinski definition) is 1. The van der Waals surface area contributed by atoms with Crippen molar-refractivity contribution in [1.82, 2.24) is 15.0 Å². The van der Waals surface area contributed by atoms with Gasteiger partial charge in [-0.05, 0) is 35.9 Å². The molecule has 31 heavy (non-hydrogen) atoms. The van der Waals surface area contributed by atoms with Gasteiger partial charge >= 0.3 is 6.18 Å². The van der Waals surface area contributed by atoms with E-state index in [1.807, 2.05) is 6.07 Å². The third-order valence-corrected chi connectivity index (χ3v) is 5.59. The van der Waals surface area contributed by atoms with Gasteiger partial charge in [-0.3, -0.25) is 4.98 Å². The van der Waals surface area contributed by atoms with E-state index in [4.69, 9.17) is 9.47 Å². The second kappa shape index (κ2) is 8.38. The lowest BCUT2D eigenvalue weighted by Crippen LogP contribution is -2.04. The Morgan fingerprint density at radius 2 is 1.71 bits per heavy atom. The average molecular weight is 446 g/mol. The highest BCUT2D eigenvalue weighted by Gasteiger charge is 2.33. The fraction of sp³-hybridized carbons (Fsp3) is 0.190. The molecule has 0 saturated carbocycles. The first-order valence-electron chi connectivity index (χ1n) is 9.13. The van der Waals surface area contributed by atoms with E-state index in [-0.39, 0.29) is 4.83 Å². The van der Waals surface area contributed by atoms with Crippen LogP contribution in [0.4, 0.5) is 19.0 Å². The zero-order valence-corrected chi connectivity index (χ0v) is 17.3. The first-order valence-corrected chi connectivity index (χ1v) is 9.94. The van der Waals surface area contributed by atoms with Gasteiger partial charge < -0.3 is 14.8 Å². The summed E-state index contributed by atoms with van der Waals surface area (Å²) in [5, 5.41) is 3.46. The van der Waals surface area contributed by atoms with Crippen LogP contribution in [0.25, 0.3) is 21.6 Å². The number of hydrogen-bond acceptors (Lipinski definition) is 7. The maximum absolute atomic E-state index is 13.3. The van der Waals surface area contributed by atoms with Crippen molar-refractivity contribution < 1.29 is 22.6 Å². The van der Waals surface area contributed by atoms with Gasteiger partial charge in [0.15, 0.2) is 17.3 Å². The Bertz CT molecular complexity index is 1210. The van der Waals surface area contributed by atoms with Crippen molar-refractivity contribution in [2.45, 2.75) is 12.7 Å². The summed E-state index contributed by atoms with van der Waals surface area (Å²) in [6, 6.07) is 9.89. The zero-order valence-electron chi connectivity index (χ0n) is 16.5. The van der Waals surface area contributed by atoms with E-state index >= 15 is 0 Å². The largest absolute Gasteiger partial charge is 0.493 e. The first kappa shape index (κ1) is 20.9. The number of anilines is 1. The highest BCUT2D eigenvalue weighted by atomic mass is 32.1. The molecular formula is C21H17F3N4O2S. The molecule has 3 aromatic heterocycles. The molecule has 0 unspecified atom stereocenters. The summed E-state index contributed by atoms with van der Waals surface area (Å²) >= 11 is 0.592. The van der Waals surface area contributed by atoms with Gasteiger partial charge in [-0.2, -0.15) is 13.2 Å². The summed E-state index contributed by atoms with van der Waals surface area (Å²) < 4.78 is 50.4. The lowest BCUT2D eigenvalue weighted by molar-refractivity contribution is -0.134. The molecule has 160 valence electrons. The molecule has 0 atom stereocenters. The van der Waals surface area contributed by atoms with Gasteiger partial charge in [-0.25, -0.2) is 9.97 Å². The predicted octanol–water partition coefficient (Wildman–Crippen LogP) is 5.40. The standard InChI is InChI=1S/C21H17F3N4O2S/c1-29-15-4-3-12(9-16(15)30-2)11-26-19-14-10-17(21(22,23)24)31-20(14)28-18(27-19)13-5-7-25-8-6-13/h3-10H,11H2,1-2H3,(H,26,27,28). The maximum atomic E-state index is 13.3. The molecule has 10 heteroatoms. The third-order valence-electron chi connectivity index (χ3n) is 4.52. The van der Waals surface area contributed by atoms with Crippen molar-refractivity contribution in [2.75, 3.05) is 19.5 Å². The minimum Gasteiger partial charge on any atom is -0.493 e. The van der Waals surface area contributed by atoms with Crippen LogP contribution in [0.3, 0.4) is 0 Å². The molecule has 1 aromatic carbocycles. The summed E-state index contributed by atoms with van der Waals surface area (Å²) in [5.74, 6) is 1.78. The monoisotopic (exact) mass is 446 g/mol. The Morgan fingerprint density at radius 3 is 2.39 bits per heavy atom. The fourth-order valence-corrected chi connectivity index (χ4v) is 3.90. The van der Waals surface area contributed by atoms with Crippen molar-refractivity contribution in [3.8, 4) is 22.9 Å². The van der Waals surface area contributed by atoms with Crippen LogP contribution in [0.2, 0.25) is 0 Å². The van der Waals surface area contributed by atoms with Crippen LogP contribution in [-0.4, -0.2) is 29.2 Å². The number of halogens is 3. The Kier molecular flexibility index (Phi) is 5.64. The van der Waals surface area contributed by atoms with Crippen LogP contribution >= 0.6 is 11.3 Å². The fourth-order valence-electron chi connectivity index (χ4n) is 3.00. The number of nitrogens with one attached hydrogen (secondary N) is 1. The molecule has 1 N–H and O–H groups in total. The van der Waals surface area contributed by atoms with Gasteiger partial charge in [0.2, 0.25) is 0 Å². The van der Waals surface area contributed by atoms with E-state index in [0.29, 0.717) is 52.0 Å². The number of ether oxygens (including phenoxy) is 2. The molecule has 3 heterocycles. The number of thiophene rings is 1. The van der Waals surface area contributed by atoms with Crippen LogP contribution in [0, 0.1) is 0 Å². The molecule has 0 aliphatic rings. The number of fused-ring (bicyclic) bond motifs is 1. The quantitative estimate of drug-likeness (QED) is 0.428. The number of benzene rings is 1. The normalized spacial score (nSPS) is 11.5. The van der Waals surface area contributed by atoms with E-state index in [1.54, 1.807) is 43.8 Å². The zero-order chi connectivity index (χ0) is 22.0. The van der Waals surface area contributed by atoms with Crippen molar-refractivity contribution in [3.05, 3.63) is 59.2 Å². The summed E-state index contributed by atoms with van der Waals surface area (Å²) in [5.41, 5.74) is 1.51. The lowest BCUT2D eigenvalue weighted by atomic mass is 10.2. The molecule has 0 fully saturated rings. The van der Waals surface area contributed by atoms with Gasteiger partial charge in [-0.15, -0.1) is 11.3 Å². The van der Waals surface area contributed by atoms with Gasteiger partial charge in [0.05, 0.1) is 19.6 Å². The molecular weight excluding hydrogens is 429 g/mol. The smallest absolute Gasteiger partial charge is 0.425 e. The molecule has 0 aliphatic carbocycles. The lowest BCUT2D eigenvalue weighted by Gasteiger charge is -2.12. The molecule has 0 saturated heterocycles. The van der Waals surface area contributed by atoms with Gasteiger partial charge in [-0.1, -0.05) is 6.07 Å². The van der Waals surface area contributed by atoms with Crippen molar-refractivity contribution in [3.63, 3.8) is 0 Å². The topological polar surface area (TPSA) is 69.2 Å². The highest BCUT2D eigenvalue weighted by molar-refractivity contribution is 7.18. The molecule has 0 spiro atoms. The van der Waals surface area contributed by atoms with Crippen LogP contribution in [0.1, 0.15) is 10.4 Å². The Morgan fingerprint density at radius 1 is 0.968 bits per heavy atom. The molecule has 0 amide bonds. The Labute approximate surface area is 179 Å². The minimum absolute atomic E-state index is 0.254. The number of rotatable bonds is 6. The summed E-state index contributed by atoms with van der Waals surface area (Å²) in [7, 11) is 3.08. The Hall–Kier alpha value is -3.40. The molecule has 0 radical (unpaired) electrons. The van der Waals surface area contributed by atoms with Gasteiger partial charge in [0.25, 0.3) is 0 Å². The molecule has 0 bridgehead atoms. The third kappa shape index (κ3) is 4.38. The van der Waals surface area contributed by atoms with Gasteiger partial charge in [0, 0.05) is 24.5 Å². The number of nitrogens with zero attached hydrogens (tertiary/aromatic N) is 3. The number of pyridine rings is 1. The second-order valence-electron chi connectivity index (χ2n) is 6.50. The number of alkyl halides is 3. The minimum atomic E-state index is -4.46. The van der Waals surface area contributed by atoms with Crippen LogP contribution in [0.5, 0.6) is 11.5 Å². The van der Waals surface area contributed by atoms with E-state index in [0.717, 1.165) is 11.6 Å². The van der Waals surface area contributed by atoms with Gasteiger partial charge in [0.1, 0.15) is 15.5 Å². The predicted molar refractivity (Wildman–Crippen MR) is 113 cm³/mol. The Balaban J connectivity index is 1.73. The highest BCUT2D eigenvalue weighted by Crippen LogP contribution is 2.40. The van der Waals surface area contributed by atoms with E-state index in [9.17, 15) is 13.2 Å². The summed E-state index contributed by atoms with van der Waals surface area (Å²) in [4.78, 5) is 12.3. The average Bonchev–Trinajstić information content (AvgIpc) is 3.23. The molecule has 4 rings (SSSR count). The van der Waals surface area contributed by atoms with Crippen molar-refractivity contribution >= 4 is 27.4 Å². The second-order valence-corrected chi connectivity index (χ2v) is 7.53. The first-order chi connectivity index (χ1) is 14.9. The summed E-state index contributed by atoms with van der Waals surface area (Å²) in [6.45, 7) is 0.319. The SMILES string of the molecule is COc1ccc(CNc2nc(-c3ccncc3)nc3sc(C(F)(F)F)cc23)cc1OC. The van der Waals surface area contributed by atoms with Crippen molar-refractivity contribution in [1.29, 1.82) is 0 Å². The van der Waals surface area contributed by atoms with Crippen LogP contribution < -0.4 is 14.8 Å². The number of methoxy groups -OCH3 is 2. The number of aromatic nitrogens is 3. The van der Waals surface area contributed by atoms with E-state index in [1.165, 1.54) is 7.11 Å². The molecule has 4 aromatic rings. The summed E-state index contributed by atoms with van der Waals surface area (Å²) in [6.07, 6.45) is -1.30. The van der Waals surface area contributed by atoms with Crippen LogP contribution in [0.15, 0.2) is 48.8 Å². The maximum Gasteiger partial charge on any atom is 0.425 e. The molecule has 0 aliphatic heterocycles.